The van der Waals surface area contributed by atoms with Crippen LogP contribution in [0.5, 0.6) is 11.5 Å². The molecular formula is C25H31ClO2. The van der Waals surface area contributed by atoms with E-state index in [1.807, 2.05) is 0 Å². The van der Waals surface area contributed by atoms with Crippen molar-refractivity contribution in [2.75, 3.05) is 13.2 Å². The fraction of sp³-hybridized carbons (Fsp3) is 0.440. The lowest BCUT2D eigenvalue weighted by atomic mass is 9.99. The van der Waals surface area contributed by atoms with E-state index in [1.54, 1.807) is 0 Å². The highest BCUT2D eigenvalue weighted by Gasteiger charge is 2.17. The summed E-state index contributed by atoms with van der Waals surface area (Å²) in [6.45, 7) is 10.3. The summed E-state index contributed by atoms with van der Waals surface area (Å²) < 4.78 is 12.7. The quantitative estimate of drug-likeness (QED) is 0.273. The van der Waals surface area contributed by atoms with E-state index in [1.165, 1.54) is 0 Å². The number of hydrogen-bond acceptors (Lipinski definition) is 2. The molecule has 2 nitrogen and oxygen atoms in total. The predicted octanol–water partition coefficient (Wildman–Crippen LogP) is 7.58. The lowest BCUT2D eigenvalue weighted by molar-refractivity contribution is 0.291. The number of hydrogen-bond donors (Lipinski definition) is 0. The maximum Gasteiger partial charge on any atom is 0.135 e. The zero-order valence-corrected chi connectivity index (χ0v) is 18.2. The molecule has 0 aliphatic rings. The van der Waals surface area contributed by atoms with Gasteiger partial charge in [-0.15, -0.1) is 11.6 Å². The number of rotatable bonds is 9. The smallest absolute Gasteiger partial charge is 0.135 e. The highest BCUT2D eigenvalue weighted by Crippen LogP contribution is 2.43. The summed E-state index contributed by atoms with van der Waals surface area (Å²) in [7, 11) is 0. The molecule has 0 spiro atoms. The van der Waals surface area contributed by atoms with E-state index in [0.717, 1.165) is 51.4 Å². The molecule has 28 heavy (non-hydrogen) atoms. The van der Waals surface area contributed by atoms with Crippen molar-refractivity contribution >= 4 is 33.1 Å². The van der Waals surface area contributed by atoms with E-state index in [4.69, 9.17) is 21.1 Å². The van der Waals surface area contributed by atoms with Gasteiger partial charge in [-0.25, -0.2) is 0 Å². The fourth-order valence-corrected chi connectivity index (χ4v) is 3.50. The van der Waals surface area contributed by atoms with Crippen LogP contribution in [0.2, 0.25) is 0 Å². The first-order valence-electron chi connectivity index (χ1n) is 10.3. The van der Waals surface area contributed by atoms with Crippen molar-refractivity contribution in [3.63, 3.8) is 0 Å². The largest absolute Gasteiger partial charge is 0.492 e. The molecule has 0 unspecified atom stereocenters. The van der Waals surface area contributed by atoms with Gasteiger partial charge in [0.15, 0.2) is 0 Å². The van der Waals surface area contributed by atoms with E-state index < -0.39 is 0 Å². The molecule has 3 aromatic rings. The van der Waals surface area contributed by atoms with Gasteiger partial charge in [-0.1, -0.05) is 64.1 Å². The van der Waals surface area contributed by atoms with Gasteiger partial charge in [-0.3, -0.25) is 0 Å². The zero-order chi connectivity index (χ0) is 20.1. The molecule has 0 saturated carbocycles. The fourth-order valence-electron chi connectivity index (χ4n) is 3.33. The zero-order valence-electron chi connectivity index (χ0n) is 17.4. The van der Waals surface area contributed by atoms with Crippen molar-refractivity contribution in [2.24, 2.45) is 11.8 Å². The van der Waals surface area contributed by atoms with Gasteiger partial charge in [0, 0.05) is 27.4 Å². The van der Waals surface area contributed by atoms with Crippen LogP contribution < -0.4 is 9.47 Å². The van der Waals surface area contributed by atoms with Crippen molar-refractivity contribution in [1.29, 1.82) is 0 Å². The molecule has 3 rings (SSSR count). The van der Waals surface area contributed by atoms with Crippen LogP contribution in [0.15, 0.2) is 42.5 Å². The van der Waals surface area contributed by atoms with Crippen molar-refractivity contribution in [3.8, 4) is 11.5 Å². The molecule has 0 fully saturated rings. The molecule has 0 saturated heterocycles. The van der Waals surface area contributed by atoms with Gasteiger partial charge >= 0.3 is 0 Å². The van der Waals surface area contributed by atoms with Crippen molar-refractivity contribution in [2.45, 2.75) is 46.4 Å². The number of fused-ring (bicyclic) bond motifs is 2. The average Bonchev–Trinajstić information content (AvgIpc) is 2.68. The third-order valence-corrected chi connectivity index (χ3v) is 5.34. The van der Waals surface area contributed by atoms with E-state index in [2.05, 4.69) is 70.2 Å². The number of halogens is 1. The molecule has 0 aromatic heterocycles. The summed E-state index contributed by atoms with van der Waals surface area (Å²) in [4.78, 5) is 0. The Labute approximate surface area is 173 Å². The molecule has 0 aliphatic heterocycles. The molecule has 0 N–H and O–H groups in total. The second kappa shape index (κ2) is 9.52. The maximum atomic E-state index is 6.34. The Morgan fingerprint density at radius 1 is 0.714 bits per heavy atom. The summed E-state index contributed by atoms with van der Waals surface area (Å²) in [6.07, 6.45) is 2.06. The van der Waals surface area contributed by atoms with Crippen LogP contribution in [-0.4, -0.2) is 13.2 Å². The second-order valence-corrected chi connectivity index (χ2v) is 8.55. The summed E-state index contributed by atoms with van der Waals surface area (Å²) in [6, 6.07) is 14.7. The second-order valence-electron chi connectivity index (χ2n) is 8.28. The van der Waals surface area contributed by atoms with Gasteiger partial charge in [-0.2, -0.15) is 0 Å². The van der Waals surface area contributed by atoms with Gasteiger partial charge in [0.25, 0.3) is 0 Å². The molecule has 0 bridgehead atoms. The van der Waals surface area contributed by atoms with Crippen LogP contribution in [-0.2, 0) is 5.88 Å². The molecule has 150 valence electrons. The maximum absolute atomic E-state index is 6.34. The van der Waals surface area contributed by atoms with Gasteiger partial charge in [0.05, 0.1) is 13.2 Å². The van der Waals surface area contributed by atoms with Gasteiger partial charge in [-0.05, 0) is 36.3 Å². The third-order valence-electron chi connectivity index (χ3n) is 5.03. The van der Waals surface area contributed by atoms with E-state index >= 15 is 0 Å². The minimum absolute atomic E-state index is 0.484. The molecular weight excluding hydrogens is 368 g/mol. The van der Waals surface area contributed by atoms with E-state index in [0.29, 0.717) is 30.9 Å². The normalized spacial score (nSPS) is 11.7. The Balaban J connectivity index is 2.15. The number of benzene rings is 3. The SMILES string of the molecule is CC(C)CCOc1c2ccccc2c(OCCC(C)C)c2cc(CCl)ccc12. The first-order chi connectivity index (χ1) is 13.5. The van der Waals surface area contributed by atoms with Crippen LogP contribution >= 0.6 is 11.6 Å². The molecule has 0 heterocycles. The Morgan fingerprint density at radius 2 is 1.21 bits per heavy atom. The van der Waals surface area contributed by atoms with Crippen LogP contribution in [0.1, 0.15) is 46.1 Å². The minimum atomic E-state index is 0.484. The van der Waals surface area contributed by atoms with Crippen molar-refractivity contribution < 1.29 is 9.47 Å². The van der Waals surface area contributed by atoms with Gasteiger partial charge in [0.2, 0.25) is 0 Å². The number of alkyl halides is 1. The van der Waals surface area contributed by atoms with E-state index in [9.17, 15) is 0 Å². The third kappa shape index (κ3) is 4.72. The molecule has 0 amide bonds. The molecule has 3 heteroatoms. The average molecular weight is 399 g/mol. The van der Waals surface area contributed by atoms with Gasteiger partial charge in [0.1, 0.15) is 11.5 Å². The molecule has 0 radical (unpaired) electrons. The predicted molar refractivity (Wildman–Crippen MR) is 121 cm³/mol. The topological polar surface area (TPSA) is 18.5 Å². The molecule has 0 atom stereocenters. The summed E-state index contributed by atoms with van der Waals surface area (Å²) in [5.41, 5.74) is 1.09. The van der Waals surface area contributed by atoms with Crippen LogP contribution in [0.4, 0.5) is 0 Å². The van der Waals surface area contributed by atoms with Crippen LogP contribution in [0.3, 0.4) is 0 Å². The van der Waals surface area contributed by atoms with Crippen molar-refractivity contribution in [3.05, 3.63) is 48.0 Å². The molecule has 0 aliphatic carbocycles. The van der Waals surface area contributed by atoms with Crippen molar-refractivity contribution in [1.82, 2.24) is 0 Å². The first kappa shape index (κ1) is 20.8. The standard InChI is InChI=1S/C25H31ClO2/c1-17(2)11-13-27-24-20-7-5-6-8-21(20)25(28-14-12-18(3)4)23-15-19(16-26)9-10-22(23)24/h5-10,15,17-18H,11-14,16H2,1-4H3. The van der Waals surface area contributed by atoms with Crippen LogP contribution in [0.25, 0.3) is 21.5 Å². The monoisotopic (exact) mass is 398 g/mol. The Hall–Kier alpha value is -1.93. The Bertz CT molecular complexity index is 931. The number of ether oxygens (including phenoxy) is 2. The summed E-state index contributed by atoms with van der Waals surface area (Å²) in [5, 5.41) is 4.39. The van der Waals surface area contributed by atoms with E-state index in [-0.39, 0.29) is 0 Å². The Kier molecular flexibility index (Phi) is 7.07. The lowest BCUT2D eigenvalue weighted by Gasteiger charge is -2.19. The molecule has 3 aromatic carbocycles. The highest BCUT2D eigenvalue weighted by molar-refractivity contribution is 6.17. The Morgan fingerprint density at radius 3 is 1.71 bits per heavy atom. The first-order valence-corrected chi connectivity index (χ1v) is 10.8. The summed E-state index contributed by atoms with van der Waals surface area (Å²) in [5.74, 6) is 3.59. The minimum Gasteiger partial charge on any atom is -0.492 e. The van der Waals surface area contributed by atoms with Crippen LogP contribution in [0, 0.1) is 11.8 Å². The van der Waals surface area contributed by atoms with Gasteiger partial charge < -0.3 is 9.47 Å². The highest BCUT2D eigenvalue weighted by atomic mass is 35.5. The lowest BCUT2D eigenvalue weighted by Crippen LogP contribution is -2.05. The summed E-state index contributed by atoms with van der Waals surface area (Å²) >= 11 is 6.13.